The minimum atomic E-state index is -4.56. The van der Waals surface area contributed by atoms with Crippen LogP contribution in [0.1, 0.15) is 123 Å². The zero-order valence-electron chi connectivity index (χ0n) is 37.9. The first-order valence-corrected chi connectivity index (χ1v) is 25.2. The summed E-state index contributed by atoms with van der Waals surface area (Å²) >= 11 is 0. The number of nitrogens with one attached hydrogen (secondary N) is 2. The number of nitroso groups, excluding NO2 is 1. The molecule has 66 heavy (non-hydrogen) atoms. The first-order chi connectivity index (χ1) is 31.9. The van der Waals surface area contributed by atoms with E-state index in [1.165, 1.54) is 55.1 Å². The van der Waals surface area contributed by atoms with Crippen molar-refractivity contribution in [1.29, 1.82) is 0 Å². The molecular weight excluding hydrogens is 860 g/mol. The van der Waals surface area contributed by atoms with E-state index in [0.717, 1.165) is 69.9 Å². The fraction of sp³-hybridized carbons (Fsp3) is 0.490. The van der Waals surface area contributed by atoms with E-state index in [1.807, 2.05) is 6.07 Å². The summed E-state index contributed by atoms with van der Waals surface area (Å²) < 4.78 is 62.7. The predicted molar refractivity (Wildman–Crippen MR) is 252 cm³/mol. The summed E-state index contributed by atoms with van der Waals surface area (Å²) in [7, 11) is -2.83. The van der Waals surface area contributed by atoms with Crippen LogP contribution in [0.4, 0.5) is 21.5 Å². The highest BCUT2D eigenvalue weighted by Crippen LogP contribution is 2.54. The van der Waals surface area contributed by atoms with Crippen molar-refractivity contribution in [1.82, 2.24) is 14.6 Å². The van der Waals surface area contributed by atoms with E-state index in [9.17, 15) is 22.5 Å². The lowest BCUT2D eigenvalue weighted by Gasteiger charge is -2.56. The number of rotatable bonds is 12. The lowest BCUT2D eigenvalue weighted by molar-refractivity contribution is -0.0227. The largest absolute Gasteiger partial charge is 0.489 e. The Bertz CT molecular complexity index is 2650. The van der Waals surface area contributed by atoms with E-state index < -0.39 is 21.8 Å². The first-order valence-electron chi connectivity index (χ1n) is 23.7. The summed E-state index contributed by atoms with van der Waals surface area (Å²) in [4.78, 5) is 35.4. The van der Waals surface area contributed by atoms with Crippen LogP contribution in [0, 0.1) is 16.2 Å². The van der Waals surface area contributed by atoms with Gasteiger partial charge in [-0.3, -0.25) is 14.7 Å². The number of sulfonamides is 1. The molecule has 0 radical (unpaired) electrons. The van der Waals surface area contributed by atoms with Crippen molar-refractivity contribution in [3.63, 3.8) is 0 Å². The van der Waals surface area contributed by atoms with Gasteiger partial charge in [-0.15, -0.1) is 4.91 Å². The normalized spacial score (nSPS) is 23.9. The minimum absolute atomic E-state index is 0.0518. The van der Waals surface area contributed by atoms with Crippen LogP contribution >= 0.6 is 0 Å². The standard InChI is InChI=1S/C51H59FN6O7S/c1-31(2)38-7-4-5-8-39(38)46-9-6-20-58(46)34-27-51(28-34)18-21-57(22-19-51)33-12-15-40(47(23-33)65-36-24-41-42(52)16-17-43(41)53-29-36)50(59)56-66(61,62)37-25-44(55-60)49-48(26-37)64-30-45(54-49)32-10-13-35(63-3)14-11-32/h4-5,7-8,12,15-16,23-26,29,31-32,34-35,45-46,54H,6,9-11,13-14,17-22,27-28,30H2,1-3H3,(H,56,59)/t32-,35-,45-,46-/m0/s1. The third kappa shape index (κ3) is 8.58. The number of amides is 1. The number of halogens is 1. The molecule has 4 fully saturated rings. The van der Waals surface area contributed by atoms with Gasteiger partial charge in [-0.2, -0.15) is 0 Å². The van der Waals surface area contributed by atoms with E-state index in [0.29, 0.717) is 41.4 Å². The highest BCUT2D eigenvalue weighted by Gasteiger charge is 2.50. The molecule has 13 nitrogen and oxygen atoms in total. The Balaban J connectivity index is 0.850. The number of carbonyl (C=O) groups excluding carboxylic acids is 1. The number of benzene rings is 3. The highest BCUT2D eigenvalue weighted by atomic mass is 32.2. The van der Waals surface area contributed by atoms with Crippen molar-refractivity contribution in [2.45, 2.75) is 120 Å². The van der Waals surface area contributed by atoms with Gasteiger partial charge in [0.25, 0.3) is 15.9 Å². The van der Waals surface area contributed by atoms with Gasteiger partial charge >= 0.3 is 0 Å². The third-order valence-electron chi connectivity index (χ3n) is 15.4. The summed E-state index contributed by atoms with van der Waals surface area (Å²) in [6, 6.07) is 19.0. The molecule has 0 unspecified atom stereocenters. The molecule has 15 heteroatoms. The molecule has 3 aliphatic carbocycles. The molecule has 3 aliphatic heterocycles. The SMILES string of the molecule is CO[C@H]1CC[C@H]([C@@H]2COc3cc(S(=O)(=O)NC(=O)c4ccc(N5CCC6(CC5)CC(N5CCC[C@H]5c5ccccc5C(C)C)C6)cc4Oc4cnc5c(c4)C(F)=CC5)cc(N=O)c3N2)CC1. The molecule has 2 saturated heterocycles. The molecule has 2 saturated carbocycles. The van der Waals surface area contributed by atoms with Crippen molar-refractivity contribution in [2.75, 3.05) is 43.6 Å². The maximum atomic E-state index is 14.7. The van der Waals surface area contributed by atoms with Crippen LogP contribution in [0.15, 0.2) is 83.0 Å². The second-order valence-corrected chi connectivity index (χ2v) is 21.3. The molecule has 3 aromatic carbocycles. The number of ether oxygens (including phenoxy) is 3. The monoisotopic (exact) mass is 918 g/mol. The Hall–Kier alpha value is -5.38. The first kappa shape index (κ1) is 44.5. The topological polar surface area (TPSA) is 152 Å². The van der Waals surface area contributed by atoms with Gasteiger partial charge in [0.1, 0.15) is 41.1 Å². The lowest BCUT2D eigenvalue weighted by atomic mass is 9.59. The maximum absolute atomic E-state index is 14.7. The van der Waals surface area contributed by atoms with Crippen molar-refractivity contribution < 1.29 is 31.8 Å². The molecule has 348 valence electrons. The van der Waals surface area contributed by atoms with Crippen LogP contribution in [-0.4, -0.2) is 75.7 Å². The molecule has 6 aliphatic rings. The molecule has 4 heterocycles. The van der Waals surface area contributed by atoms with Crippen LogP contribution < -0.4 is 24.4 Å². The van der Waals surface area contributed by atoms with Crippen LogP contribution in [-0.2, 0) is 21.2 Å². The minimum Gasteiger partial charge on any atom is -0.489 e. The number of piperidine rings is 1. The number of carbonyl (C=O) groups is 1. The second kappa shape index (κ2) is 18.0. The van der Waals surface area contributed by atoms with Crippen molar-refractivity contribution >= 4 is 38.8 Å². The molecule has 10 rings (SSSR count). The summed E-state index contributed by atoms with van der Waals surface area (Å²) in [5, 5.41) is 6.54. The van der Waals surface area contributed by atoms with E-state index in [2.05, 4.69) is 68.1 Å². The zero-order chi connectivity index (χ0) is 45.7. The number of hydrogen-bond acceptors (Lipinski definition) is 12. The van der Waals surface area contributed by atoms with Crippen LogP contribution in [0.5, 0.6) is 17.2 Å². The van der Waals surface area contributed by atoms with E-state index in [1.54, 1.807) is 25.3 Å². The van der Waals surface area contributed by atoms with Gasteiger partial charge in [0, 0.05) is 62.1 Å². The Morgan fingerprint density at radius 1 is 1.02 bits per heavy atom. The van der Waals surface area contributed by atoms with E-state index in [4.69, 9.17) is 14.2 Å². The number of methoxy groups -OCH3 is 1. The Labute approximate surface area is 386 Å². The molecule has 1 aromatic heterocycles. The Morgan fingerprint density at radius 3 is 2.56 bits per heavy atom. The molecule has 1 spiro atoms. The van der Waals surface area contributed by atoms with Gasteiger partial charge in [0.05, 0.1) is 34.5 Å². The number of aromatic nitrogens is 1. The molecule has 2 N–H and O–H groups in total. The average Bonchev–Trinajstić information content (AvgIpc) is 3.96. The van der Waals surface area contributed by atoms with Crippen molar-refractivity contribution in [2.24, 2.45) is 16.5 Å². The molecular formula is C51H59FN6O7S. The summed E-state index contributed by atoms with van der Waals surface area (Å²) in [6.07, 6.45) is 14.1. The average molecular weight is 919 g/mol. The van der Waals surface area contributed by atoms with E-state index in [-0.39, 0.29) is 63.5 Å². The molecule has 1 amide bonds. The third-order valence-corrected chi connectivity index (χ3v) is 16.8. The van der Waals surface area contributed by atoms with Crippen LogP contribution in [0.2, 0.25) is 0 Å². The van der Waals surface area contributed by atoms with Crippen LogP contribution in [0.3, 0.4) is 0 Å². The summed E-state index contributed by atoms with van der Waals surface area (Å²) in [6.45, 7) is 7.63. The molecule has 2 atom stereocenters. The fourth-order valence-electron chi connectivity index (χ4n) is 11.7. The quantitative estimate of drug-likeness (QED) is 0.131. The number of nitrogens with zero attached hydrogens (tertiary/aromatic N) is 4. The zero-order valence-corrected chi connectivity index (χ0v) is 38.7. The number of fused-ring (bicyclic) bond motifs is 2. The predicted octanol–water partition coefficient (Wildman–Crippen LogP) is 10.3. The summed E-state index contributed by atoms with van der Waals surface area (Å²) in [5.74, 6) is -0.124. The Morgan fingerprint density at radius 2 is 1.80 bits per heavy atom. The number of allylic oxidation sites excluding steroid dienone is 1. The second-order valence-electron chi connectivity index (χ2n) is 19.6. The molecule has 4 aromatic rings. The lowest BCUT2D eigenvalue weighted by Crippen LogP contribution is -2.54. The van der Waals surface area contributed by atoms with Gasteiger partial charge in [0.15, 0.2) is 0 Å². The number of likely N-dealkylation sites (tertiary alicyclic amines) is 1. The fourth-order valence-corrected chi connectivity index (χ4v) is 12.7. The van der Waals surface area contributed by atoms with Gasteiger partial charge in [-0.05, 0) is 135 Å². The number of pyridine rings is 1. The van der Waals surface area contributed by atoms with Gasteiger partial charge < -0.3 is 24.4 Å². The van der Waals surface area contributed by atoms with E-state index >= 15 is 0 Å². The number of anilines is 2. The summed E-state index contributed by atoms with van der Waals surface area (Å²) in [5.41, 5.74) is 5.09. The van der Waals surface area contributed by atoms with Crippen molar-refractivity contribution in [3.05, 3.63) is 106 Å². The molecule has 0 bridgehead atoms. The highest BCUT2D eigenvalue weighted by molar-refractivity contribution is 7.90. The van der Waals surface area contributed by atoms with Crippen LogP contribution in [0.25, 0.3) is 5.83 Å². The maximum Gasteiger partial charge on any atom is 0.268 e. The van der Waals surface area contributed by atoms with Gasteiger partial charge in [-0.1, -0.05) is 38.1 Å². The van der Waals surface area contributed by atoms with Gasteiger partial charge in [0.2, 0.25) is 0 Å². The van der Waals surface area contributed by atoms with Gasteiger partial charge in [-0.25, -0.2) is 17.5 Å². The number of hydrogen-bond donors (Lipinski definition) is 2. The van der Waals surface area contributed by atoms with Crippen molar-refractivity contribution in [3.8, 4) is 17.2 Å². The smallest absolute Gasteiger partial charge is 0.268 e. The Kier molecular flexibility index (Phi) is 12.1.